The van der Waals surface area contributed by atoms with Gasteiger partial charge in [-0.3, -0.25) is 0 Å². The van der Waals surface area contributed by atoms with E-state index in [9.17, 15) is 5.11 Å². The Hall–Kier alpha value is -1.84. The van der Waals surface area contributed by atoms with E-state index < -0.39 is 6.10 Å². The van der Waals surface area contributed by atoms with E-state index in [0.29, 0.717) is 0 Å². The number of benzene rings is 2. The molecule has 0 radical (unpaired) electrons. The molecule has 0 spiro atoms. The Labute approximate surface area is 138 Å². The largest absolute Gasteiger partial charge is 0.497 e. The standard InChI is InChI=1S/C20H25NO2/c1-23-18-11-9-17(10-12-18)20(22)19(15-21-13-5-6-14-21)16-7-3-2-4-8-16/h2-4,7-12,19-20,22H,5-6,13-15H2,1H3. The Morgan fingerprint density at radius 3 is 2.22 bits per heavy atom. The van der Waals surface area contributed by atoms with Gasteiger partial charge in [-0.05, 0) is 49.2 Å². The van der Waals surface area contributed by atoms with Crippen LogP contribution >= 0.6 is 0 Å². The van der Waals surface area contributed by atoms with Gasteiger partial charge in [0.05, 0.1) is 13.2 Å². The van der Waals surface area contributed by atoms with Gasteiger partial charge in [0, 0.05) is 12.5 Å². The van der Waals surface area contributed by atoms with Crippen molar-refractivity contribution in [1.29, 1.82) is 0 Å². The van der Waals surface area contributed by atoms with E-state index in [1.165, 1.54) is 18.4 Å². The van der Waals surface area contributed by atoms with Crippen molar-refractivity contribution in [3.05, 3.63) is 65.7 Å². The highest BCUT2D eigenvalue weighted by atomic mass is 16.5. The van der Waals surface area contributed by atoms with E-state index >= 15 is 0 Å². The quantitative estimate of drug-likeness (QED) is 0.884. The van der Waals surface area contributed by atoms with Crippen LogP contribution in [0.1, 0.15) is 36.0 Å². The van der Waals surface area contributed by atoms with Crippen molar-refractivity contribution in [2.45, 2.75) is 24.9 Å². The van der Waals surface area contributed by atoms with Gasteiger partial charge >= 0.3 is 0 Å². The SMILES string of the molecule is COc1ccc(C(O)C(CN2CCCC2)c2ccccc2)cc1. The first-order valence-corrected chi connectivity index (χ1v) is 8.37. The number of aliphatic hydroxyl groups excluding tert-OH is 1. The molecule has 0 bridgehead atoms. The molecule has 0 saturated carbocycles. The van der Waals surface area contributed by atoms with Gasteiger partial charge in [-0.2, -0.15) is 0 Å². The molecular formula is C20H25NO2. The molecule has 3 nitrogen and oxygen atoms in total. The zero-order valence-corrected chi connectivity index (χ0v) is 13.7. The van der Waals surface area contributed by atoms with E-state index in [1.54, 1.807) is 7.11 Å². The highest BCUT2D eigenvalue weighted by Gasteiger charge is 2.26. The first-order chi connectivity index (χ1) is 11.3. The van der Waals surface area contributed by atoms with E-state index in [-0.39, 0.29) is 5.92 Å². The third-order valence-electron chi connectivity index (χ3n) is 4.72. The predicted molar refractivity (Wildman–Crippen MR) is 92.8 cm³/mol. The number of hydrogen-bond acceptors (Lipinski definition) is 3. The highest BCUT2D eigenvalue weighted by molar-refractivity contribution is 5.32. The Balaban J connectivity index is 1.83. The summed E-state index contributed by atoms with van der Waals surface area (Å²) < 4.78 is 5.21. The molecule has 1 aliphatic rings. The molecular weight excluding hydrogens is 286 g/mol. The summed E-state index contributed by atoms with van der Waals surface area (Å²) in [6.45, 7) is 3.18. The number of nitrogens with zero attached hydrogens (tertiary/aromatic N) is 1. The van der Waals surface area contributed by atoms with Crippen LogP contribution in [0.2, 0.25) is 0 Å². The van der Waals surface area contributed by atoms with Crippen molar-refractivity contribution < 1.29 is 9.84 Å². The average Bonchev–Trinajstić information content (AvgIpc) is 3.13. The minimum absolute atomic E-state index is 0.0858. The van der Waals surface area contributed by atoms with E-state index in [0.717, 1.165) is 30.9 Å². The Kier molecular flexibility index (Phi) is 5.31. The van der Waals surface area contributed by atoms with Crippen molar-refractivity contribution in [1.82, 2.24) is 4.90 Å². The minimum Gasteiger partial charge on any atom is -0.497 e. The number of hydrogen-bond donors (Lipinski definition) is 1. The summed E-state index contributed by atoms with van der Waals surface area (Å²) >= 11 is 0. The van der Waals surface area contributed by atoms with Crippen LogP contribution in [0.3, 0.4) is 0 Å². The molecule has 3 heteroatoms. The van der Waals surface area contributed by atoms with Gasteiger partial charge < -0.3 is 14.7 Å². The van der Waals surface area contributed by atoms with Gasteiger partial charge in [0.2, 0.25) is 0 Å². The molecule has 1 fully saturated rings. The first kappa shape index (κ1) is 16.0. The number of rotatable bonds is 6. The Bertz CT molecular complexity index is 591. The topological polar surface area (TPSA) is 32.7 Å². The third kappa shape index (κ3) is 3.92. The summed E-state index contributed by atoms with van der Waals surface area (Å²) in [5.74, 6) is 0.902. The molecule has 2 atom stereocenters. The monoisotopic (exact) mass is 311 g/mol. The minimum atomic E-state index is -0.510. The van der Waals surface area contributed by atoms with E-state index in [1.807, 2.05) is 42.5 Å². The zero-order chi connectivity index (χ0) is 16.1. The van der Waals surface area contributed by atoms with Crippen LogP contribution in [-0.2, 0) is 0 Å². The molecule has 0 amide bonds. The highest BCUT2D eigenvalue weighted by Crippen LogP contribution is 2.33. The first-order valence-electron chi connectivity index (χ1n) is 8.37. The summed E-state index contributed by atoms with van der Waals surface area (Å²) in [5.41, 5.74) is 2.14. The molecule has 0 aliphatic carbocycles. The van der Waals surface area contributed by atoms with Gasteiger partial charge in [0.1, 0.15) is 5.75 Å². The van der Waals surface area contributed by atoms with Gasteiger partial charge in [0.25, 0.3) is 0 Å². The fourth-order valence-electron chi connectivity index (χ4n) is 3.36. The normalized spacial score (nSPS) is 17.8. The number of methoxy groups -OCH3 is 1. The molecule has 1 saturated heterocycles. The summed E-state index contributed by atoms with van der Waals surface area (Å²) in [6, 6.07) is 18.1. The molecule has 23 heavy (non-hydrogen) atoms. The van der Waals surface area contributed by atoms with Crippen LogP contribution in [0, 0.1) is 0 Å². The van der Waals surface area contributed by atoms with Gasteiger partial charge in [-0.15, -0.1) is 0 Å². The number of ether oxygens (including phenoxy) is 1. The summed E-state index contributed by atoms with van der Waals surface area (Å²) in [6.07, 6.45) is 2.02. The maximum absolute atomic E-state index is 11.0. The molecule has 2 unspecified atom stereocenters. The van der Waals surface area contributed by atoms with Crippen LogP contribution in [0.15, 0.2) is 54.6 Å². The molecule has 122 valence electrons. The van der Waals surface area contributed by atoms with E-state index in [4.69, 9.17) is 4.74 Å². The van der Waals surface area contributed by atoms with Crippen molar-refractivity contribution in [3.8, 4) is 5.75 Å². The maximum Gasteiger partial charge on any atom is 0.118 e. The third-order valence-corrected chi connectivity index (χ3v) is 4.72. The summed E-state index contributed by atoms with van der Waals surface area (Å²) in [4.78, 5) is 2.46. The smallest absolute Gasteiger partial charge is 0.118 e. The number of aliphatic hydroxyl groups is 1. The fraction of sp³-hybridized carbons (Fsp3) is 0.400. The molecule has 3 rings (SSSR count). The lowest BCUT2D eigenvalue weighted by molar-refractivity contribution is 0.123. The van der Waals surface area contributed by atoms with E-state index in [2.05, 4.69) is 17.0 Å². The summed E-state index contributed by atoms with van der Waals surface area (Å²) in [5, 5.41) is 11.0. The number of likely N-dealkylation sites (tertiary alicyclic amines) is 1. The maximum atomic E-state index is 11.0. The van der Waals surface area contributed by atoms with Crippen molar-refractivity contribution >= 4 is 0 Å². The second kappa shape index (κ2) is 7.62. The van der Waals surface area contributed by atoms with Crippen LogP contribution in [0.25, 0.3) is 0 Å². The lowest BCUT2D eigenvalue weighted by Gasteiger charge is -2.28. The molecule has 1 aliphatic heterocycles. The van der Waals surface area contributed by atoms with Crippen LogP contribution < -0.4 is 4.74 Å². The second-order valence-corrected chi connectivity index (χ2v) is 6.24. The van der Waals surface area contributed by atoms with Crippen LogP contribution in [-0.4, -0.2) is 36.8 Å². The van der Waals surface area contributed by atoms with Crippen molar-refractivity contribution in [2.75, 3.05) is 26.7 Å². The average molecular weight is 311 g/mol. The van der Waals surface area contributed by atoms with Crippen molar-refractivity contribution in [2.24, 2.45) is 0 Å². The lowest BCUT2D eigenvalue weighted by Crippen LogP contribution is -2.29. The zero-order valence-electron chi connectivity index (χ0n) is 13.7. The predicted octanol–water partition coefficient (Wildman–Crippen LogP) is 3.61. The molecule has 2 aromatic rings. The summed E-state index contributed by atoms with van der Waals surface area (Å²) in [7, 11) is 1.66. The Morgan fingerprint density at radius 1 is 0.957 bits per heavy atom. The molecule has 1 heterocycles. The fourth-order valence-corrected chi connectivity index (χ4v) is 3.36. The van der Waals surface area contributed by atoms with Crippen LogP contribution in [0.4, 0.5) is 0 Å². The molecule has 0 aromatic heterocycles. The van der Waals surface area contributed by atoms with Gasteiger partial charge in [0.15, 0.2) is 0 Å². The second-order valence-electron chi connectivity index (χ2n) is 6.24. The van der Waals surface area contributed by atoms with Crippen molar-refractivity contribution in [3.63, 3.8) is 0 Å². The lowest BCUT2D eigenvalue weighted by atomic mass is 9.88. The molecule has 2 aromatic carbocycles. The van der Waals surface area contributed by atoms with Gasteiger partial charge in [-0.1, -0.05) is 42.5 Å². The Morgan fingerprint density at radius 2 is 1.61 bits per heavy atom. The van der Waals surface area contributed by atoms with Gasteiger partial charge in [-0.25, -0.2) is 0 Å². The van der Waals surface area contributed by atoms with Crippen LogP contribution in [0.5, 0.6) is 5.75 Å². The molecule has 1 N–H and O–H groups in total.